The molecule has 0 saturated heterocycles. The molecule has 1 saturated carbocycles. The molecule has 1 atom stereocenters. The van der Waals surface area contributed by atoms with Crippen LogP contribution < -0.4 is 5.73 Å². The molecule has 0 radical (unpaired) electrons. The highest BCUT2D eigenvalue weighted by Crippen LogP contribution is 2.25. The van der Waals surface area contributed by atoms with Gasteiger partial charge in [-0.15, -0.1) is 0 Å². The van der Waals surface area contributed by atoms with Crippen molar-refractivity contribution in [2.24, 2.45) is 11.7 Å². The first-order chi connectivity index (χ1) is 7.75. The monoisotopic (exact) mass is 229 g/mol. The molecule has 0 aromatic heterocycles. The van der Waals surface area contributed by atoms with Crippen molar-refractivity contribution in [2.75, 3.05) is 26.9 Å². The van der Waals surface area contributed by atoms with Crippen molar-refractivity contribution in [3.63, 3.8) is 0 Å². The fourth-order valence-corrected chi connectivity index (χ4v) is 2.17. The zero-order chi connectivity index (χ0) is 11.8. The number of Topliss-reactive ketones (excluding diaryl/α,β-unsaturated/α-hetero) is 1. The molecule has 4 nitrogen and oxygen atoms in total. The lowest BCUT2D eigenvalue weighted by molar-refractivity contribution is -0.126. The standard InChI is InChI=1S/C12H23NO3/c1-15-7-8-16-9-11(14)12(13)10-5-3-2-4-6-10/h10,12H,2-9,13H2,1H3. The molecule has 1 unspecified atom stereocenters. The summed E-state index contributed by atoms with van der Waals surface area (Å²) < 4.78 is 10.0. The minimum absolute atomic E-state index is 0.0306. The normalized spacial score (nSPS) is 19.6. The van der Waals surface area contributed by atoms with Crippen LogP contribution >= 0.6 is 0 Å². The molecule has 2 N–H and O–H groups in total. The van der Waals surface area contributed by atoms with E-state index in [9.17, 15) is 4.79 Å². The molecule has 1 aliphatic rings. The fourth-order valence-electron chi connectivity index (χ4n) is 2.17. The topological polar surface area (TPSA) is 61.5 Å². The first-order valence-electron chi connectivity index (χ1n) is 6.10. The van der Waals surface area contributed by atoms with Crippen LogP contribution in [0.2, 0.25) is 0 Å². The average molecular weight is 229 g/mol. The lowest BCUT2D eigenvalue weighted by Crippen LogP contribution is -2.41. The van der Waals surface area contributed by atoms with E-state index in [0.717, 1.165) is 12.8 Å². The molecule has 0 heterocycles. The van der Waals surface area contributed by atoms with Crippen LogP contribution in [0, 0.1) is 5.92 Å². The molecule has 1 fully saturated rings. The predicted molar refractivity (Wildman–Crippen MR) is 62.3 cm³/mol. The van der Waals surface area contributed by atoms with Crippen molar-refractivity contribution in [1.29, 1.82) is 0 Å². The summed E-state index contributed by atoms with van der Waals surface area (Å²) in [5.74, 6) is 0.398. The molecule has 0 bridgehead atoms. The summed E-state index contributed by atoms with van der Waals surface area (Å²) in [5, 5.41) is 0. The van der Waals surface area contributed by atoms with Crippen molar-refractivity contribution in [1.82, 2.24) is 0 Å². The van der Waals surface area contributed by atoms with E-state index in [0.29, 0.717) is 19.1 Å². The molecule has 0 aromatic rings. The Morgan fingerprint density at radius 2 is 2.00 bits per heavy atom. The van der Waals surface area contributed by atoms with Crippen LogP contribution in [0.4, 0.5) is 0 Å². The molecule has 0 aromatic carbocycles. The second-order valence-electron chi connectivity index (χ2n) is 4.44. The molecule has 1 rings (SSSR count). The molecule has 16 heavy (non-hydrogen) atoms. The number of ether oxygens (including phenoxy) is 2. The molecule has 0 aliphatic heterocycles. The van der Waals surface area contributed by atoms with E-state index in [4.69, 9.17) is 15.2 Å². The van der Waals surface area contributed by atoms with E-state index < -0.39 is 0 Å². The van der Waals surface area contributed by atoms with Gasteiger partial charge in [0, 0.05) is 7.11 Å². The number of methoxy groups -OCH3 is 1. The maximum atomic E-state index is 11.7. The summed E-state index contributed by atoms with van der Waals surface area (Å²) in [4.78, 5) is 11.7. The first kappa shape index (κ1) is 13.6. The van der Waals surface area contributed by atoms with Crippen LogP contribution in [0.15, 0.2) is 0 Å². The Balaban J connectivity index is 2.18. The van der Waals surface area contributed by atoms with Crippen molar-refractivity contribution in [2.45, 2.75) is 38.1 Å². The number of carbonyl (C=O) groups excluding carboxylic acids is 1. The molecule has 0 amide bonds. The zero-order valence-electron chi connectivity index (χ0n) is 10.1. The maximum absolute atomic E-state index is 11.7. The van der Waals surface area contributed by atoms with E-state index in [2.05, 4.69) is 0 Å². The van der Waals surface area contributed by atoms with Crippen molar-refractivity contribution in [3.8, 4) is 0 Å². The van der Waals surface area contributed by atoms with Gasteiger partial charge in [0.15, 0.2) is 5.78 Å². The Labute approximate surface area is 97.5 Å². The summed E-state index contributed by atoms with van der Waals surface area (Å²) in [6.07, 6.45) is 5.87. The Morgan fingerprint density at radius 3 is 2.62 bits per heavy atom. The van der Waals surface area contributed by atoms with Crippen LogP contribution in [0.3, 0.4) is 0 Å². The lowest BCUT2D eigenvalue weighted by atomic mass is 9.83. The van der Waals surface area contributed by atoms with Gasteiger partial charge in [-0.1, -0.05) is 19.3 Å². The number of rotatable bonds is 7. The number of nitrogens with two attached hydrogens (primary N) is 1. The molecule has 0 spiro atoms. The lowest BCUT2D eigenvalue weighted by Gasteiger charge is -2.26. The van der Waals surface area contributed by atoms with Gasteiger partial charge in [0.05, 0.1) is 19.3 Å². The van der Waals surface area contributed by atoms with E-state index in [1.807, 2.05) is 0 Å². The molecule has 1 aliphatic carbocycles. The number of hydrogen-bond acceptors (Lipinski definition) is 4. The Morgan fingerprint density at radius 1 is 1.31 bits per heavy atom. The predicted octanol–water partition coefficient (Wildman–Crippen LogP) is 1.13. The maximum Gasteiger partial charge on any atom is 0.175 e. The third kappa shape index (κ3) is 4.60. The molecule has 4 heteroatoms. The summed E-state index contributed by atoms with van der Waals surface area (Å²) in [7, 11) is 1.61. The smallest absolute Gasteiger partial charge is 0.175 e. The Hall–Kier alpha value is -0.450. The number of hydrogen-bond donors (Lipinski definition) is 1. The number of carbonyl (C=O) groups is 1. The van der Waals surface area contributed by atoms with Crippen molar-refractivity contribution < 1.29 is 14.3 Å². The van der Waals surface area contributed by atoms with Gasteiger partial charge in [0.1, 0.15) is 6.61 Å². The summed E-state index contributed by atoms with van der Waals surface area (Å²) >= 11 is 0. The summed E-state index contributed by atoms with van der Waals surface area (Å²) in [6.45, 7) is 1.10. The zero-order valence-corrected chi connectivity index (χ0v) is 10.1. The third-order valence-electron chi connectivity index (χ3n) is 3.21. The first-order valence-corrected chi connectivity index (χ1v) is 6.10. The van der Waals surface area contributed by atoms with Gasteiger partial charge in [-0.25, -0.2) is 0 Å². The van der Waals surface area contributed by atoms with E-state index in [1.54, 1.807) is 7.11 Å². The van der Waals surface area contributed by atoms with E-state index >= 15 is 0 Å². The SMILES string of the molecule is COCCOCC(=O)C(N)C1CCCCC1. The molecular weight excluding hydrogens is 206 g/mol. The molecular formula is C12H23NO3. The highest BCUT2D eigenvalue weighted by Gasteiger charge is 2.25. The van der Waals surface area contributed by atoms with Gasteiger partial charge < -0.3 is 15.2 Å². The van der Waals surface area contributed by atoms with Crippen molar-refractivity contribution >= 4 is 5.78 Å². The van der Waals surface area contributed by atoms with Crippen LogP contribution in [-0.2, 0) is 14.3 Å². The second-order valence-corrected chi connectivity index (χ2v) is 4.44. The van der Waals surface area contributed by atoms with Crippen molar-refractivity contribution in [3.05, 3.63) is 0 Å². The van der Waals surface area contributed by atoms with Crippen LogP contribution in [0.1, 0.15) is 32.1 Å². The Bertz CT molecular complexity index is 202. The van der Waals surface area contributed by atoms with E-state index in [-0.39, 0.29) is 18.4 Å². The average Bonchev–Trinajstić information content (AvgIpc) is 2.34. The number of ketones is 1. The Kier molecular flexibility index (Phi) is 6.61. The van der Waals surface area contributed by atoms with Gasteiger partial charge in [-0.3, -0.25) is 4.79 Å². The molecule has 94 valence electrons. The van der Waals surface area contributed by atoms with Crippen LogP contribution in [0.25, 0.3) is 0 Å². The minimum atomic E-state index is -0.331. The van der Waals surface area contributed by atoms with Crippen LogP contribution in [-0.4, -0.2) is 38.8 Å². The third-order valence-corrected chi connectivity index (χ3v) is 3.21. The van der Waals surface area contributed by atoms with Gasteiger partial charge in [0.2, 0.25) is 0 Å². The van der Waals surface area contributed by atoms with Gasteiger partial charge in [0.25, 0.3) is 0 Å². The highest BCUT2D eigenvalue weighted by atomic mass is 16.5. The summed E-state index contributed by atoms with van der Waals surface area (Å²) in [6, 6.07) is -0.331. The summed E-state index contributed by atoms with van der Waals surface area (Å²) in [5.41, 5.74) is 5.95. The second kappa shape index (κ2) is 7.76. The highest BCUT2D eigenvalue weighted by molar-refractivity contribution is 5.85. The largest absolute Gasteiger partial charge is 0.382 e. The van der Waals surface area contributed by atoms with Crippen LogP contribution in [0.5, 0.6) is 0 Å². The van der Waals surface area contributed by atoms with Gasteiger partial charge >= 0.3 is 0 Å². The minimum Gasteiger partial charge on any atom is -0.382 e. The van der Waals surface area contributed by atoms with Gasteiger partial charge in [-0.2, -0.15) is 0 Å². The fraction of sp³-hybridized carbons (Fsp3) is 0.917. The van der Waals surface area contributed by atoms with E-state index in [1.165, 1.54) is 19.3 Å². The van der Waals surface area contributed by atoms with Gasteiger partial charge in [-0.05, 0) is 18.8 Å². The quantitative estimate of drug-likeness (QED) is 0.665.